The Hall–Kier alpha value is -3.32. The maximum Gasteiger partial charge on any atom is 0.416 e. The molecule has 0 spiro atoms. The number of halogens is 3. The number of fused-ring (bicyclic) bond motifs is 1. The summed E-state index contributed by atoms with van der Waals surface area (Å²) < 4.78 is 47.3. The van der Waals surface area contributed by atoms with E-state index in [1.54, 1.807) is 6.07 Å². The highest BCUT2D eigenvalue weighted by molar-refractivity contribution is 5.84. The molecule has 194 valence electrons. The quantitative estimate of drug-likeness (QED) is 0.285. The predicted octanol–water partition coefficient (Wildman–Crippen LogP) is 7.32. The number of piperidine rings is 1. The Morgan fingerprint density at radius 2 is 1.70 bits per heavy atom. The Balaban J connectivity index is 1.50. The number of hydrogen-bond donors (Lipinski definition) is 1. The lowest BCUT2D eigenvalue weighted by Gasteiger charge is -2.26. The van der Waals surface area contributed by atoms with Crippen molar-refractivity contribution in [3.63, 3.8) is 0 Å². The zero-order valence-corrected chi connectivity index (χ0v) is 21.3. The molecule has 0 unspecified atom stereocenters. The molecular weight excluding hydrogens is 475 g/mol. The fourth-order valence-electron chi connectivity index (χ4n) is 5.04. The van der Waals surface area contributed by atoms with E-state index in [1.165, 1.54) is 37.0 Å². The third-order valence-electron chi connectivity index (χ3n) is 7.25. The first-order valence-corrected chi connectivity index (χ1v) is 12.9. The molecule has 7 heteroatoms. The molecular formula is C30H32F3N3O. The number of H-pyrrole nitrogens is 1. The van der Waals surface area contributed by atoms with E-state index in [4.69, 9.17) is 9.72 Å². The second-order valence-corrected chi connectivity index (χ2v) is 9.95. The smallest absolute Gasteiger partial charge is 0.416 e. The molecule has 1 saturated heterocycles. The van der Waals surface area contributed by atoms with E-state index in [0.29, 0.717) is 29.3 Å². The molecule has 0 saturated carbocycles. The molecule has 1 fully saturated rings. The fourth-order valence-corrected chi connectivity index (χ4v) is 5.04. The summed E-state index contributed by atoms with van der Waals surface area (Å²) in [6.07, 6.45) is -0.616. The normalized spacial score (nSPS) is 14.8. The number of benzene rings is 3. The average Bonchev–Trinajstić information content (AvgIpc) is 3.31. The number of nitrogens with one attached hydrogen (secondary N) is 1. The maximum atomic E-state index is 13.7. The molecule has 0 bridgehead atoms. The molecule has 0 aliphatic carbocycles. The highest BCUT2D eigenvalue weighted by Crippen LogP contribution is 2.35. The van der Waals surface area contributed by atoms with Crippen molar-refractivity contribution < 1.29 is 17.9 Å². The first kappa shape index (κ1) is 25.3. The molecule has 1 aliphatic rings. The third kappa shape index (κ3) is 5.82. The van der Waals surface area contributed by atoms with Gasteiger partial charge in [0.15, 0.2) is 0 Å². The molecule has 4 nitrogen and oxygen atoms in total. The van der Waals surface area contributed by atoms with Crippen molar-refractivity contribution in [2.24, 2.45) is 0 Å². The Morgan fingerprint density at radius 1 is 0.919 bits per heavy atom. The van der Waals surface area contributed by atoms with Gasteiger partial charge in [0.2, 0.25) is 0 Å². The van der Waals surface area contributed by atoms with Gasteiger partial charge in [-0.05, 0) is 80.2 Å². The van der Waals surface area contributed by atoms with Crippen LogP contribution in [0.1, 0.15) is 47.1 Å². The highest BCUT2D eigenvalue weighted by Gasteiger charge is 2.33. The van der Waals surface area contributed by atoms with Crippen LogP contribution in [0.15, 0.2) is 54.6 Å². The van der Waals surface area contributed by atoms with Crippen molar-refractivity contribution in [2.75, 3.05) is 26.2 Å². The summed E-state index contributed by atoms with van der Waals surface area (Å²) in [4.78, 5) is 10.6. The average molecular weight is 508 g/mol. The minimum Gasteiger partial charge on any atom is -0.492 e. The van der Waals surface area contributed by atoms with Crippen LogP contribution in [0.4, 0.5) is 13.2 Å². The minimum atomic E-state index is -4.42. The molecule has 3 aromatic carbocycles. The SMILES string of the molecule is Cc1ccc(-c2nc3c(Cc4ccccc4C(F)(F)F)cc(OCCN4CCCCC4)cc3[nH]2)cc1C. The molecule has 1 N–H and O–H groups in total. The van der Waals surface area contributed by atoms with Crippen molar-refractivity contribution in [2.45, 2.75) is 45.7 Å². The first-order chi connectivity index (χ1) is 17.8. The van der Waals surface area contributed by atoms with Crippen LogP contribution in [0, 0.1) is 13.8 Å². The van der Waals surface area contributed by atoms with Gasteiger partial charge in [0.05, 0.1) is 16.6 Å². The Labute approximate surface area is 215 Å². The minimum absolute atomic E-state index is 0.104. The van der Waals surface area contributed by atoms with Gasteiger partial charge in [-0.25, -0.2) is 4.98 Å². The van der Waals surface area contributed by atoms with Crippen molar-refractivity contribution in [3.8, 4) is 17.1 Å². The van der Waals surface area contributed by atoms with Gasteiger partial charge in [0.1, 0.15) is 18.2 Å². The van der Waals surface area contributed by atoms with E-state index >= 15 is 0 Å². The second kappa shape index (κ2) is 10.6. The molecule has 5 rings (SSSR count). The van der Waals surface area contributed by atoms with E-state index in [1.807, 2.05) is 24.3 Å². The largest absolute Gasteiger partial charge is 0.492 e. The monoisotopic (exact) mass is 507 g/mol. The van der Waals surface area contributed by atoms with Crippen LogP contribution < -0.4 is 4.74 Å². The molecule has 1 aromatic heterocycles. The summed E-state index contributed by atoms with van der Waals surface area (Å²) in [5.74, 6) is 1.33. The summed E-state index contributed by atoms with van der Waals surface area (Å²) in [5.41, 5.74) is 4.99. The number of likely N-dealkylation sites (tertiary alicyclic amines) is 1. The predicted molar refractivity (Wildman–Crippen MR) is 141 cm³/mol. The van der Waals surface area contributed by atoms with Crippen LogP contribution in [-0.4, -0.2) is 41.1 Å². The molecule has 4 aromatic rings. The molecule has 0 amide bonds. The van der Waals surface area contributed by atoms with Gasteiger partial charge in [-0.1, -0.05) is 36.8 Å². The van der Waals surface area contributed by atoms with Gasteiger partial charge >= 0.3 is 6.18 Å². The van der Waals surface area contributed by atoms with Gasteiger partial charge in [-0.3, -0.25) is 4.90 Å². The summed E-state index contributed by atoms with van der Waals surface area (Å²) in [6.45, 7) is 7.64. The van der Waals surface area contributed by atoms with Crippen molar-refractivity contribution >= 4 is 11.0 Å². The van der Waals surface area contributed by atoms with Crippen LogP contribution >= 0.6 is 0 Å². The summed E-state index contributed by atoms with van der Waals surface area (Å²) in [6, 6.07) is 15.6. The molecule has 37 heavy (non-hydrogen) atoms. The Morgan fingerprint density at radius 3 is 2.46 bits per heavy atom. The number of alkyl halides is 3. The van der Waals surface area contributed by atoms with Crippen LogP contribution in [0.3, 0.4) is 0 Å². The van der Waals surface area contributed by atoms with E-state index < -0.39 is 11.7 Å². The van der Waals surface area contributed by atoms with Gasteiger partial charge in [0.25, 0.3) is 0 Å². The number of aryl methyl sites for hydroxylation is 2. The molecule has 0 radical (unpaired) electrons. The van der Waals surface area contributed by atoms with E-state index in [0.717, 1.165) is 42.3 Å². The van der Waals surface area contributed by atoms with Crippen LogP contribution in [0.25, 0.3) is 22.4 Å². The molecule has 2 heterocycles. The van der Waals surface area contributed by atoms with Gasteiger partial charge in [-0.2, -0.15) is 13.2 Å². The Bertz CT molecular complexity index is 1390. The van der Waals surface area contributed by atoms with Crippen molar-refractivity contribution in [3.05, 3.63) is 82.4 Å². The molecule has 1 aliphatic heterocycles. The number of imidazole rings is 1. The zero-order valence-electron chi connectivity index (χ0n) is 21.3. The highest BCUT2D eigenvalue weighted by atomic mass is 19.4. The summed E-state index contributed by atoms with van der Waals surface area (Å²) in [7, 11) is 0. The lowest BCUT2D eigenvalue weighted by molar-refractivity contribution is -0.138. The van der Waals surface area contributed by atoms with Crippen LogP contribution in [0.5, 0.6) is 5.75 Å². The van der Waals surface area contributed by atoms with Gasteiger partial charge < -0.3 is 9.72 Å². The van der Waals surface area contributed by atoms with E-state index in [-0.39, 0.29) is 12.0 Å². The Kier molecular flexibility index (Phi) is 7.24. The fraction of sp³-hybridized carbons (Fsp3) is 0.367. The lowest BCUT2D eigenvalue weighted by Crippen LogP contribution is -2.33. The van der Waals surface area contributed by atoms with Crippen molar-refractivity contribution in [1.29, 1.82) is 0 Å². The van der Waals surface area contributed by atoms with E-state index in [2.05, 4.69) is 29.8 Å². The van der Waals surface area contributed by atoms with Crippen LogP contribution in [-0.2, 0) is 12.6 Å². The summed E-state index contributed by atoms with van der Waals surface area (Å²) >= 11 is 0. The number of hydrogen-bond acceptors (Lipinski definition) is 3. The third-order valence-corrected chi connectivity index (χ3v) is 7.25. The number of aromatic amines is 1. The summed E-state index contributed by atoms with van der Waals surface area (Å²) in [5, 5.41) is 0. The lowest BCUT2D eigenvalue weighted by atomic mass is 9.98. The van der Waals surface area contributed by atoms with Gasteiger partial charge in [-0.15, -0.1) is 0 Å². The number of rotatable bonds is 7. The molecule has 0 atom stereocenters. The maximum absolute atomic E-state index is 13.7. The number of aromatic nitrogens is 2. The zero-order chi connectivity index (χ0) is 26.0. The topological polar surface area (TPSA) is 41.1 Å². The standard InChI is InChI=1S/C30H32F3N3O/c1-20-10-11-23(16-21(20)2)29-34-27-19-25(37-15-14-36-12-6-3-7-13-36)18-24(28(27)35-29)17-22-8-4-5-9-26(22)30(31,32)33/h4-5,8-11,16,18-19H,3,6-7,12-15,17H2,1-2H3,(H,34,35). The van der Waals surface area contributed by atoms with Crippen LogP contribution in [0.2, 0.25) is 0 Å². The second-order valence-electron chi connectivity index (χ2n) is 9.95. The first-order valence-electron chi connectivity index (χ1n) is 12.9. The van der Waals surface area contributed by atoms with E-state index in [9.17, 15) is 13.2 Å². The van der Waals surface area contributed by atoms with Gasteiger partial charge in [0, 0.05) is 24.6 Å². The van der Waals surface area contributed by atoms with Crippen molar-refractivity contribution in [1.82, 2.24) is 14.9 Å². The number of ether oxygens (including phenoxy) is 1. The number of nitrogens with zero attached hydrogens (tertiary/aromatic N) is 2.